The lowest BCUT2D eigenvalue weighted by molar-refractivity contribution is -0.137. The minimum atomic E-state index is -4.46. The van der Waals surface area contributed by atoms with E-state index in [9.17, 15) is 18.0 Å². The number of carbonyl (C=O) groups is 1. The molecule has 40 heavy (non-hydrogen) atoms. The predicted octanol–water partition coefficient (Wildman–Crippen LogP) is 4.96. The smallest absolute Gasteiger partial charge is 0.416 e. The number of halogens is 3. The third kappa shape index (κ3) is 5.22. The number of carbonyl (C=O) groups excluding carboxylic acids is 1. The molecule has 0 bridgehead atoms. The standard InChI is InChI=1S/C29H32F3N5O3/c30-29(31,32)20-9-10-23-22(14-20)27(36-35-23)33-15-25(38)34-21-16-37(17-21)28(11-5-2-6-12-28)26-24(39-18-40-26)13-19-7-3-1-4-8-19/h1,3-4,7-10,14,21H,2,5-6,11-13,15-18H2,(H,34,38)(H2,33,35,36). The fraction of sp³-hybridized carbons (Fsp3) is 0.448. The van der Waals surface area contributed by atoms with Crippen molar-refractivity contribution in [2.24, 2.45) is 0 Å². The average Bonchev–Trinajstić information content (AvgIpc) is 3.56. The van der Waals surface area contributed by atoms with E-state index in [1.54, 1.807) is 0 Å². The Hall–Kier alpha value is -3.73. The Kier molecular flexibility index (Phi) is 7.07. The molecule has 212 valence electrons. The van der Waals surface area contributed by atoms with Crippen LogP contribution in [0.25, 0.3) is 10.9 Å². The van der Waals surface area contributed by atoms with Crippen molar-refractivity contribution < 1.29 is 27.4 Å². The molecule has 0 radical (unpaired) electrons. The zero-order chi connectivity index (χ0) is 27.7. The number of aromatic nitrogens is 2. The van der Waals surface area contributed by atoms with Crippen LogP contribution in [0.2, 0.25) is 0 Å². The van der Waals surface area contributed by atoms with E-state index < -0.39 is 11.7 Å². The molecule has 1 aliphatic carbocycles. The number of amides is 1. The molecular formula is C29H32F3N5O3. The molecule has 1 saturated carbocycles. The van der Waals surface area contributed by atoms with E-state index in [2.05, 4.69) is 37.9 Å². The van der Waals surface area contributed by atoms with Crippen LogP contribution in [0.4, 0.5) is 19.0 Å². The number of nitrogens with zero attached hydrogens (tertiary/aromatic N) is 2. The van der Waals surface area contributed by atoms with Crippen molar-refractivity contribution in [3.05, 3.63) is 71.2 Å². The van der Waals surface area contributed by atoms with Crippen molar-refractivity contribution in [3.63, 3.8) is 0 Å². The number of alkyl halides is 3. The summed E-state index contributed by atoms with van der Waals surface area (Å²) >= 11 is 0. The van der Waals surface area contributed by atoms with Crippen LogP contribution in [0.3, 0.4) is 0 Å². The molecule has 2 aliphatic heterocycles. The van der Waals surface area contributed by atoms with Crippen molar-refractivity contribution in [3.8, 4) is 0 Å². The highest BCUT2D eigenvalue weighted by Crippen LogP contribution is 2.45. The van der Waals surface area contributed by atoms with Gasteiger partial charge in [-0.2, -0.15) is 18.3 Å². The number of ether oxygens (including phenoxy) is 2. The topological polar surface area (TPSA) is 91.5 Å². The summed E-state index contributed by atoms with van der Waals surface area (Å²) < 4.78 is 51.5. The van der Waals surface area contributed by atoms with Crippen LogP contribution < -0.4 is 10.6 Å². The Bertz CT molecular complexity index is 1390. The van der Waals surface area contributed by atoms with Crippen molar-refractivity contribution in [2.45, 2.75) is 56.3 Å². The molecule has 3 aliphatic rings. The molecule has 3 aromatic rings. The van der Waals surface area contributed by atoms with Crippen LogP contribution >= 0.6 is 0 Å². The maximum atomic E-state index is 13.1. The van der Waals surface area contributed by atoms with Gasteiger partial charge in [-0.25, -0.2) is 0 Å². The van der Waals surface area contributed by atoms with Crippen LogP contribution in [-0.4, -0.2) is 59.0 Å². The summed E-state index contributed by atoms with van der Waals surface area (Å²) in [4.78, 5) is 15.1. The second-order valence-electron chi connectivity index (χ2n) is 10.8. The van der Waals surface area contributed by atoms with Crippen LogP contribution in [0.15, 0.2) is 60.0 Å². The second kappa shape index (κ2) is 10.7. The Morgan fingerprint density at radius 2 is 1.85 bits per heavy atom. The Balaban J connectivity index is 1.08. The van der Waals surface area contributed by atoms with E-state index in [1.807, 2.05) is 18.2 Å². The number of allylic oxidation sites excluding steroid dienone is 1. The molecule has 0 spiro atoms. The molecule has 8 nitrogen and oxygen atoms in total. The monoisotopic (exact) mass is 555 g/mol. The number of nitrogens with one attached hydrogen (secondary N) is 3. The molecule has 3 N–H and O–H groups in total. The number of anilines is 1. The van der Waals surface area contributed by atoms with Gasteiger partial charge in [-0.05, 0) is 36.6 Å². The molecule has 1 amide bonds. The van der Waals surface area contributed by atoms with Crippen LogP contribution in [-0.2, 0) is 26.9 Å². The summed E-state index contributed by atoms with van der Waals surface area (Å²) in [7, 11) is 0. The summed E-state index contributed by atoms with van der Waals surface area (Å²) in [6.07, 6.45) is 1.60. The number of rotatable bonds is 8. The lowest BCUT2D eigenvalue weighted by atomic mass is 9.76. The molecule has 6 rings (SSSR count). The van der Waals surface area contributed by atoms with Gasteiger partial charge in [0, 0.05) is 24.9 Å². The van der Waals surface area contributed by atoms with E-state index >= 15 is 0 Å². The first-order chi connectivity index (χ1) is 19.3. The number of aromatic amines is 1. The number of benzene rings is 2. The highest BCUT2D eigenvalue weighted by atomic mass is 19.4. The minimum Gasteiger partial charge on any atom is -0.458 e. The zero-order valence-electron chi connectivity index (χ0n) is 22.0. The molecule has 0 atom stereocenters. The van der Waals surface area contributed by atoms with E-state index in [1.165, 1.54) is 18.1 Å². The molecule has 1 aromatic heterocycles. The molecule has 1 saturated heterocycles. The summed E-state index contributed by atoms with van der Waals surface area (Å²) in [5.74, 6) is 1.80. The van der Waals surface area contributed by atoms with Crippen molar-refractivity contribution in [1.82, 2.24) is 20.4 Å². The van der Waals surface area contributed by atoms with Crippen LogP contribution in [0, 0.1) is 0 Å². The number of fused-ring (bicyclic) bond motifs is 1. The number of H-pyrrole nitrogens is 1. The molecule has 2 aromatic carbocycles. The zero-order valence-corrected chi connectivity index (χ0v) is 22.0. The van der Waals surface area contributed by atoms with Gasteiger partial charge in [-0.1, -0.05) is 49.6 Å². The summed E-state index contributed by atoms with van der Waals surface area (Å²) in [5.41, 5.74) is 0.635. The lowest BCUT2D eigenvalue weighted by Crippen LogP contribution is -2.68. The lowest BCUT2D eigenvalue weighted by Gasteiger charge is -2.53. The number of hydrogen-bond donors (Lipinski definition) is 3. The van der Waals surface area contributed by atoms with Crippen molar-refractivity contribution in [1.29, 1.82) is 0 Å². The first kappa shape index (κ1) is 26.5. The summed E-state index contributed by atoms with van der Waals surface area (Å²) in [6, 6.07) is 13.6. The molecule has 11 heteroatoms. The first-order valence-electron chi connectivity index (χ1n) is 13.7. The van der Waals surface area contributed by atoms with Crippen molar-refractivity contribution >= 4 is 22.6 Å². The normalized spacial score (nSPS) is 19.7. The van der Waals surface area contributed by atoms with Crippen molar-refractivity contribution in [2.75, 3.05) is 31.7 Å². The van der Waals surface area contributed by atoms with E-state index in [-0.39, 0.29) is 42.0 Å². The fourth-order valence-electron chi connectivity index (χ4n) is 6.12. The summed E-state index contributed by atoms with van der Waals surface area (Å²) in [5, 5.41) is 12.9. The molecule has 3 heterocycles. The third-order valence-electron chi connectivity index (χ3n) is 8.16. The summed E-state index contributed by atoms with van der Waals surface area (Å²) in [6.45, 7) is 1.52. The largest absolute Gasteiger partial charge is 0.458 e. The number of likely N-dealkylation sites (tertiary alicyclic amines) is 1. The third-order valence-corrected chi connectivity index (χ3v) is 8.16. The predicted molar refractivity (Wildman–Crippen MR) is 143 cm³/mol. The first-order valence-corrected chi connectivity index (χ1v) is 13.7. The van der Waals surface area contributed by atoms with Gasteiger partial charge >= 0.3 is 6.18 Å². The Morgan fingerprint density at radius 1 is 1.07 bits per heavy atom. The SMILES string of the molecule is O=C(CNc1n[nH]c2ccc(C(F)(F)F)cc12)NC1CN(C2(C3=C(Cc4ccccc4)OCO3)CCCCC2)C1. The Labute approximate surface area is 229 Å². The van der Waals surface area contributed by atoms with Gasteiger partial charge in [0.05, 0.1) is 29.2 Å². The number of hydrogen-bond acceptors (Lipinski definition) is 6. The molecule has 2 fully saturated rings. The highest BCUT2D eigenvalue weighted by molar-refractivity contribution is 5.92. The van der Waals surface area contributed by atoms with Gasteiger partial charge in [-0.3, -0.25) is 14.8 Å². The molecule has 0 unspecified atom stereocenters. The maximum Gasteiger partial charge on any atom is 0.416 e. The quantitative estimate of drug-likeness (QED) is 0.364. The van der Waals surface area contributed by atoms with Gasteiger partial charge in [0.1, 0.15) is 5.76 Å². The van der Waals surface area contributed by atoms with Gasteiger partial charge in [0.15, 0.2) is 11.6 Å². The fourth-order valence-corrected chi connectivity index (χ4v) is 6.12. The van der Waals surface area contributed by atoms with Gasteiger partial charge < -0.3 is 20.1 Å². The van der Waals surface area contributed by atoms with E-state index in [0.717, 1.165) is 49.3 Å². The maximum absolute atomic E-state index is 13.1. The van der Waals surface area contributed by atoms with Gasteiger partial charge in [0.25, 0.3) is 0 Å². The van der Waals surface area contributed by atoms with Gasteiger partial charge in [-0.15, -0.1) is 0 Å². The minimum absolute atomic E-state index is 0.0265. The van der Waals surface area contributed by atoms with E-state index in [4.69, 9.17) is 9.47 Å². The van der Waals surface area contributed by atoms with E-state index in [0.29, 0.717) is 25.0 Å². The van der Waals surface area contributed by atoms with Crippen LogP contribution in [0.1, 0.15) is 43.2 Å². The Morgan fingerprint density at radius 3 is 2.60 bits per heavy atom. The van der Waals surface area contributed by atoms with Crippen LogP contribution in [0.5, 0.6) is 0 Å². The second-order valence-corrected chi connectivity index (χ2v) is 10.8. The highest BCUT2D eigenvalue weighted by Gasteiger charge is 2.50. The average molecular weight is 556 g/mol. The molecular weight excluding hydrogens is 523 g/mol. The van der Waals surface area contributed by atoms with Gasteiger partial charge in [0.2, 0.25) is 12.7 Å².